The molecule has 100 valence electrons. The van der Waals surface area contributed by atoms with Crippen molar-refractivity contribution in [2.24, 2.45) is 0 Å². The largest absolute Gasteiger partial charge is 0.495 e. The van der Waals surface area contributed by atoms with Gasteiger partial charge in [-0.2, -0.15) is 0 Å². The number of hydrogen-bond acceptors (Lipinski definition) is 3. The molecule has 0 radical (unpaired) electrons. The van der Waals surface area contributed by atoms with Crippen LogP contribution in [0, 0.1) is 12.7 Å². The van der Waals surface area contributed by atoms with Gasteiger partial charge >= 0.3 is 0 Å². The minimum absolute atomic E-state index is 0.327. The maximum Gasteiger partial charge on any atom is 0.142 e. The second kappa shape index (κ2) is 5.28. The van der Waals surface area contributed by atoms with Gasteiger partial charge in [-0.1, -0.05) is 18.2 Å². The number of aryl methyl sites for hydroxylation is 1. The lowest BCUT2D eigenvalue weighted by Gasteiger charge is -2.17. The van der Waals surface area contributed by atoms with Gasteiger partial charge in [0.05, 0.1) is 12.8 Å². The summed E-state index contributed by atoms with van der Waals surface area (Å²) in [6.45, 7) is 1.75. The molecule has 0 saturated carbocycles. The fourth-order valence-electron chi connectivity index (χ4n) is 2.09. The molecule has 0 aliphatic heterocycles. The zero-order valence-corrected chi connectivity index (χ0v) is 10.9. The minimum Gasteiger partial charge on any atom is -0.495 e. The molecule has 19 heavy (non-hydrogen) atoms. The summed E-state index contributed by atoms with van der Waals surface area (Å²) in [7, 11) is 1.52. The first kappa shape index (κ1) is 13.4. The Labute approximate surface area is 111 Å². The highest BCUT2D eigenvalue weighted by Gasteiger charge is 2.17. The van der Waals surface area contributed by atoms with Crippen LogP contribution in [-0.4, -0.2) is 12.2 Å². The van der Waals surface area contributed by atoms with E-state index in [9.17, 15) is 9.50 Å². The van der Waals surface area contributed by atoms with Crippen LogP contribution in [0.1, 0.15) is 22.8 Å². The van der Waals surface area contributed by atoms with Crippen molar-refractivity contribution in [2.75, 3.05) is 12.8 Å². The third-order valence-corrected chi connectivity index (χ3v) is 3.14. The smallest absolute Gasteiger partial charge is 0.142 e. The van der Waals surface area contributed by atoms with Gasteiger partial charge in [-0.05, 0) is 36.2 Å². The molecule has 1 unspecified atom stereocenters. The van der Waals surface area contributed by atoms with Gasteiger partial charge in [-0.15, -0.1) is 0 Å². The number of aliphatic hydroxyl groups excluding tert-OH is 1. The standard InChI is InChI=1S/C15H16FNO2/c1-9-8-10(16)6-7-11(9)15(18)12-4-3-5-13(19-2)14(12)17/h3-8,15,18H,17H2,1-2H3. The van der Waals surface area contributed by atoms with Crippen molar-refractivity contribution < 1.29 is 14.2 Å². The number of benzene rings is 2. The van der Waals surface area contributed by atoms with Gasteiger partial charge in [0.1, 0.15) is 17.7 Å². The second-order valence-corrected chi connectivity index (χ2v) is 4.37. The lowest BCUT2D eigenvalue weighted by atomic mass is 9.96. The summed E-state index contributed by atoms with van der Waals surface area (Å²) in [6, 6.07) is 9.48. The Balaban J connectivity index is 2.47. The number of nitrogens with two attached hydrogens (primary N) is 1. The van der Waals surface area contributed by atoms with Crippen LogP contribution < -0.4 is 10.5 Å². The van der Waals surface area contributed by atoms with E-state index in [4.69, 9.17) is 10.5 Å². The molecule has 1 atom stereocenters. The second-order valence-electron chi connectivity index (χ2n) is 4.37. The molecule has 0 heterocycles. The number of para-hydroxylation sites is 1. The topological polar surface area (TPSA) is 55.5 Å². The zero-order valence-electron chi connectivity index (χ0n) is 10.9. The third kappa shape index (κ3) is 2.53. The van der Waals surface area contributed by atoms with E-state index in [2.05, 4.69) is 0 Å². The molecule has 0 bridgehead atoms. The summed E-state index contributed by atoms with van der Waals surface area (Å²) >= 11 is 0. The van der Waals surface area contributed by atoms with Crippen LogP contribution in [0.2, 0.25) is 0 Å². The predicted molar refractivity (Wildman–Crippen MR) is 72.6 cm³/mol. The van der Waals surface area contributed by atoms with Gasteiger partial charge in [0.25, 0.3) is 0 Å². The van der Waals surface area contributed by atoms with Crippen molar-refractivity contribution in [1.82, 2.24) is 0 Å². The fraction of sp³-hybridized carbons (Fsp3) is 0.200. The number of methoxy groups -OCH3 is 1. The maximum atomic E-state index is 13.1. The quantitative estimate of drug-likeness (QED) is 0.835. The molecule has 0 spiro atoms. The van der Waals surface area contributed by atoms with E-state index in [1.165, 1.54) is 19.2 Å². The van der Waals surface area contributed by atoms with E-state index < -0.39 is 6.10 Å². The minimum atomic E-state index is -0.907. The first-order chi connectivity index (χ1) is 9.04. The molecular weight excluding hydrogens is 245 g/mol. The summed E-state index contributed by atoms with van der Waals surface area (Å²) in [5, 5.41) is 10.4. The summed E-state index contributed by atoms with van der Waals surface area (Å²) in [5.41, 5.74) is 8.19. The van der Waals surface area contributed by atoms with Crippen LogP contribution in [-0.2, 0) is 0 Å². The van der Waals surface area contributed by atoms with Gasteiger partial charge in [0.15, 0.2) is 0 Å². The summed E-state index contributed by atoms with van der Waals surface area (Å²) in [5.74, 6) is 0.184. The Kier molecular flexibility index (Phi) is 3.71. The van der Waals surface area contributed by atoms with E-state index in [1.807, 2.05) is 0 Å². The van der Waals surface area contributed by atoms with Crippen molar-refractivity contribution in [3.63, 3.8) is 0 Å². The van der Waals surface area contributed by atoms with Crippen molar-refractivity contribution in [2.45, 2.75) is 13.0 Å². The van der Waals surface area contributed by atoms with Crippen LogP contribution in [0.25, 0.3) is 0 Å². The summed E-state index contributed by atoms with van der Waals surface area (Å²) in [6.07, 6.45) is -0.907. The van der Waals surface area contributed by atoms with E-state index in [0.29, 0.717) is 28.1 Å². The Morgan fingerprint density at radius 2 is 1.95 bits per heavy atom. The molecule has 3 nitrogen and oxygen atoms in total. The molecule has 4 heteroatoms. The van der Waals surface area contributed by atoms with Gasteiger partial charge < -0.3 is 15.6 Å². The van der Waals surface area contributed by atoms with E-state index in [-0.39, 0.29) is 5.82 Å². The lowest BCUT2D eigenvalue weighted by Crippen LogP contribution is -2.06. The molecule has 0 fully saturated rings. The lowest BCUT2D eigenvalue weighted by molar-refractivity contribution is 0.219. The average molecular weight is 261 g/mol. The Morgan fingerprint density at radius 1 is 1.21 bits per heavy atom. The van der Waals surface area contributed by atoms with Crippen LogP contribution in [0.4, 0.5) is 10.1 Å². The molecular formula is C15H16FNO2. The Bertz CT molecular complexity index is 599. The number of nitrogen functional groups attached to an aromatic ring is 1. The first-order valence-electron chi connectivity index (χ1n) is 5.91. The van der Waals surface area contributed by atoms with E-state index in [1.54, 1.807) is 31.2 Å². The maximum absolute atomic E-state index is 13.1. The number of aliphatic hydroxyl groups is 1. The van der Waals surface area contributed by atoms with Gasteiger partial charge in [-0.3, -0.25) is 0 Å². The third-order valence-electron chi connectivity index (χ3n) is 3.14. The highest BCUT2D eigenvalue weighted by molar-refractivity contribution is 5.60. The molecule has 0 saturated heterocycles. The number of halogens is 1. The number of rotatable bonds is 3. The number of ether oxygens (including phenoxy) is 1. The molecule has 0 aliphatic carbocycles. The highest BCUT2D eigenvalue weighted by atomic mass is 19.1. The zero-order chi connectivity index (χ0) is 14.0. The van der Waals surface area contributed by atoms with Crippen LogP contribution in [0.3, 0.4) is 0 Å². The molecule has 0 amide bonds. The van der Waals surface area contributed by atoms with E-state index >= 15 is 0 Å². The SMILES string of the molecule is COc1cccc(C(O)c2ccc(F)cc2C)c1N. The highest BCUT2D eigenvalue weighted by Crippen LogP contribution is 2.33. The first-order valence-corrected chi connectivity index (χ1v) is 5.91. The normalized spacial score (nSPS) is 12.2. The van der Waals surface area contributed by atoms with Crippen molar-refractivity contribution in [1.29, 1.82) is 0 Å². The Morgan fingerprint density at radius 3 is 2.58 bits per heavy atom. The van der Waals surface area contributed by atoms with Crippen molar-refractivity contribution >= 4 is 5.69 Å². The van der Waals surface area contributed by atoms with Gasteiger partial charge in [0, 0.05) is 5.56 Å². The van der Waals surface area contributed by atoms with Crippen molar-refractivity contribution in [3.05, 3.63) is 58.9 Å². The summed E-state index contributed by atoms with van der Waals surface area (Å²) in [4.78, 5) is 0. The van der Waals surface area contributed by atoms with Gasteiger partial charge in [0.2, 0.25) is 0 Å². The molecule has 0 aliphatic rings. The molecule has 0 aromatic heterocycles. The number of anilines is 1. The summed E-state index contributed by atoms with van der Waals surface area (Å²) < 4.78 is 18.2. The van der Waals surface area contributed by atoms with Gasteiger partial charge in [-0.25, -0.2) is 4.39 Å². The van der Waals surface area contributed by atoms with Crippen molar-refractivity contribution in [3.8, 4) is 5.75 Å². The van der Waals surface area contributed by atoms with Crippen LogP contribution in [0.5, 0.6) is 5.75 Å². The van der Waals surface area contributed by atoms with E-state index in [0.717, 1.165) is 0 Å². The van der Waals surface area contributed by atoms with Crippen LogP contribution >= 0.6 is 0 Å². The molecule has 2 aromatic rings. The predicted octanol–water partition coefficient (Wildman–Crippen LogP) is 2.81. The van der Waals surface area contributed by atoms with Crippen LogP contribution in [0.15, 0.2) is 36.4 Å². The molecule has 2 rings (SSSR count). The monoisotopic (exact) mass is 261 g/mol. The number of hydrogen-bond donors (Lipinski definition) is 2. The molecule has 2 aromatic carbocycles. The average Bonchev–Trinajstić information content (AvgIpc) is 2.38. The Hall–Kier alpha value is -2.07. The molecule has 3 N–H and O–H groups in total. The fourth-order valence-corrected chi connectivity index (χ4v) is 2.09.